The van der Waals surface area contributed by atoms with Gasteiger partial charge in [0, 0.05) is 6.61 Å². The minimum atomic E-state index is 0.334. The molecule has 5 heteroatoms. The number of rotatable bonds is 2. The maximum Gasteiger partial charge on any atom is 0.222 e. The zero-order valence-electron chi connectivity index (χ0n) is 7.03. The summed E-state index contributed by atoms with van der Waals surface area (Å²) in [5.41, 5.74) is 0. The van der Waals surface area contributed by atoms with Gasteiger partial charge in [0.2, 0.25) is 5.95 Å². The smallest absolute Gasteiger partial charge is 0.222 e. The fraction of sp³-hybridized carbons (Fsp3) is 0.500. The van der Waals surface area contributed by atoms with E-state index < -0.39 is 0 Å². The molecule has 1 N–H and O–H groups in total. The van der Waals surface area contributed by atoms with Gasteiger partial charge < -0.3 is 10.1 Å². The molecular weight excluding hydrogens is 190 g/mol. The number of ether oxygens (including phenoxy) is 1. The Kier molecular flexibility index (Phi) is 2.61. The van der Waals surface area contributed by atoms with E-state index in [1.54, 1.807) is 12.4 Å². The molecule has 1 fully saturated rings. The van der Waals surface area contributed by atoms with Crippen molar-refractivity contribution < 1.29 is 4.74 Å². The van der Waals surface area contributed by atoms with Gasteiger partial charge in [-0.2, -0.15) is 0 Å². The first-order valence-corrected chi connectivity index (χ1v) is 4.54. The second kappa shape index (κ2) is 3.89. The van der Waals surface area contributed by atoms with Gasteiger partial charge in [-0.1, -0.05) is 11.6 Å². The summed E-state index contributed by atoms with van der Waals surface area (Å²) in [5, 5.41) is 3.71. The van der Waals surface area contributed by atoms with E-state index in [0.29, 0.717) is 17.0 Å². The molecular formula is C8H10ClN3O. The van der Waals surface area contributed by atoms with Crippen LogP contribution in [0.3, 0.4) is 0 Å². The predicted molar refractivity (Wildman–Crippen MR) is 49.9 cm³/mol. The molecule has 0 saturated carbocycles. The first kappa shape index (κ1) is 8.72. The number of nitrogens with one attached hydrogen (secondary N) is 1. The lowest BCUT2D eigenvalue weighted by atomic mass is 10.3. The SMILES string of the molecule is Clc1cnc(NC2CCOC2)nc1. The van der Waals surface area contributed by atoms with Crippen LogP contribution in [0.25, 0.3) is 0 Å². The van der Waals surface area contributed by atoms with E-state index in [2.05, 4.69) is 15.3 Å². The second-order valence-corrected chi connectivity index (χ2v) is 3.37. The highest BCUT2D eigenvalue weighted by molar-refractivity contribution is 6.30. The van der Waals surface area contributed by atoms with Gasteiger partial charge in [0.15, 0.2) is 0 Å². The molecule has 13 heavy (non-hydrogen) atoms. The molecule has 1 aromatic heterocycles. The molecule has 1 unspecified atom stereocenters. The fourth-order valence-corrected chi connectivity index (χ4v) is 1.32. The third-order valence-electron chi connectivity index (χ3n) is 1.88. The van der Waals surface area contributed by atoms with Crippen molar-refractivity contribution in [1.82, 2.24) is 9.97 Å². The third kappa shape index (κ3) is 2.29. The Morgan fingerprint density at radius 1 is 1.46 bits per heavy atom. The quantitative estimate of drug-likeness (QED) is 0.781. The summed E-state index contributed by atoms with van der Waals surface area (Å²) >= 11 is 5.65. The van der Waals surface area contributed by atoms with Crippen LogP contribution in [0, 0.1) is 0 Å². The van der Waals surface area contributed by atoms with Gasteiger partial charge >= 0.3 is 0 Å². The average Bonchev–Trinajstić information content (AvgIpc) is 2.62. The van der Waals surface area contributed by atoms with Gasteiger partial charge in [0.05, 0.1) is 30.1 Å². The van der Waals surface area contributed by atoms with Crippen LogP contribution >= 0.6 is 11.6 Å². The number of hydrogen-bond acceptors (Lipinski definition) is 4. The first-order chi connectivity index (χ1) is 6.34. The van der Waals surface area contributed by atoms with E-state index in [1.165, 1.54) is 0 Å². The number of halogens is 1. The Bertz CT molecular complexity index is 271. The lowest BCUT2D eigenvalue weighted by Crippen LogP contribution is -2.20. The zero-order chi connectivity index (χ0) is 9.10. The number of nitrogens with zero attached hydrogens (tertiary/aromatic N) is 2. The van der Waals surface area contributed by atoms with Crippen molar-refractivity contribution in [2.24, 2.45) is 0 Å². The standard InChI is InChI=1S/C8H10ClN3O/c9-6-3-10-8(11-4-6)12-7-1-2-13-5-7/h3-4,7H,1-2,5H2,(H,10,11,12). The Balaban J connectivity index is 1.97. The highest BCUT2D eigenvalue weighted by atomic mass is 35.5. The Morgan fingerprint density at radius 3 is 2.85 bits per heavy atom. The molecule has 1 aliphatic heterocycles. The van der Waals surface area contributed by atoms with Crippen molar-refractivity contribution in [3.63, 3.8) is 0 Å². The summed E-state index contributed by atoms with van der Waals surface area (Å²) in [6.45, 7) is 1.54. The van der Waals surface area contributed by atoms with Crippen molar-refractivity contribution in [2.75, 3.05) is 18.5 Å². The molecule has 0 bridgehead atoms. The second-order valence-electron chi connectivity index (χ2n) is 2.93. The van der Waals surface area contributed by atoms with E-state index in [1.807, 2.05) is 0 Å². The summed E-state index contributed by atoms with van der Waals surface area (Å²) in [6, 6.07) is 0.334. The summed E-state index contributed by atoms with van der Waals surface area (Å²) in [4.78, 5) is 8.06. The van der Waals surface area contributed by atoms with Crippen molar-refractivity contribution in [1.29, 1.82) is 0 Å². The van der Waals surface area contributed by atoms with Gasteiger partial charge in [-0.15, -0.1) is 0 Å². The van der Waals surface area contributed by atoms with Gasteiger partial charge in [-0.3, -0.25) is 0 Å². The molecule has 70 valence electrons. The van der Waals surface area contributed by atoms with Crippen molar-refractivity contribution in [2.45, 2.75) is 12.5 Å². The van der Waals surface area contributed by atoms with Gasteiger partial charge in [0.25, 0.3) is 0 Å². The molecule has 2 rings (SSSR count). The van der Waals surface area contributed by atoms with Crippen LogP contribution in [-0.4, -0.2) is 29.2 Å². The largest absolute Gasteiger partial charge is 0.379 e. The Hall–Kier alpha value is -0.870. The molecule has 4 nitrogen and oxygen atoms in total. The van der Waals surface area contributed by atoms with Crippen LogP contribution in [0.2, 0.25) is 5.02 Å². The molecule has 1 aromatic rings. The summed E-state index contributed by atoms with van der Waals surface area (Å²) in [7, 11) is 0. The Morgan fingerprint density at radius 2 is 2.23 bits per heavy atom. The minimum Gasteiger partial charge on any atom is -0.379 e. The topological polar surface area (TPSA) is 47.0 Å². The van der Waals surface area contributed by atoms with E-state index in [-0.39, 0.29) is 0 Å². The molecule has 0 aromatic carbocycles. The maximum absolute atomic E-state index is 5.65. The predicted octanol–water partition coefficient (Wildman–Crippen LogP) is 1.33. The molecule has 0 aliphatic carbocycles. The minimum absolute atomic E-state index is 0.334. The van der Waals surface area contributed by atoms with E-state index in [4.69, 9.17) is 16.3 Å². The molecule has 1 atom stereocenters. The van der Waals surface area contributed by atoms with Gasteiger partial charge in [0.1, 0.15) is 0 Å². The third-order valence-corrected chi connectivity index (χ3v) is 2.08. The van der Waals surface area contributed by atoms with Crippen LogP contribution in [-0.2, 0) is 4.74 Å². The average molecular weight is 200 g/mol. The monoisotopic (exact) mass is 199 g/mol. The fourth-order valence-electron chi connectivity index (χ4n) is 1.22. The van der Waals surface area contributed by atoms with Gasteiger partial charge in [-0.25, -0.2) is 9.97 Å². The summed E-state index contributed by atoms with van der Waals surface area (Å²) in [5.74, 6) is 0.611. The maximum atomic E-state index is 5.65. The molecule has 2 heterocycles. The first-order valence-electron chi connectivity index (χ1n) is 4.16. The zero-order valence-corrected chi connectivity index (χ0v) is 7.79. The molecule has 0 spiro atoms. The number of anilines is 1. The van der Waals surface area contributed by atoms with Crippen molar-refractivity contribution in [3.05, 3.63) is 17.4 Å². The van der Waals surface area contributed by atoms with Crippen LogP contribution in [0.15, 0.2) is 12.4 Å². The molecule has 0 radical (unpaired) electrons. The van der Waals surface area contributed by atoms with Crippen molar-refractivity contribution in [3.8, 4) is 0 Å². The number of aromatic nitrogens is 2. The van der Waals surface area contributed by atoms with E-state index >= 15 is 0 Å². The summed E-state index contributed by atoms with van der Waals surface area (Å²) < 4.78 is 5.21. The van der Waals surface area contributed by atoms with Crippen LogP contribution < -0.4 is 5.32 Å². The lowest BCUT2D eigenvalue weighted by Gasteiger charge is -2.09. The normalized spacial score (nSPS) is 21.8. The molecule has 1 saturated heterocycles. The highest BCUT2D eigenvalue weighted by Crippen LogP contribution is 2.10. The van der Waals surface area contributed by atoms with E-state index in [0.717, 1.165) is 19.6 Å². The number of hydrogen-bond donors (Lipinski definition) is 1. The van der Waals surface area contributed by atoms with Gasteiger partial charge in [-0.05, 0) is 6.42 Å². The molecule has 1 aliphatic rings. The lowest BCUT2D eigenvalue weighted by molar-refractivity contribution is 0.195. The summed E-state index contributed by atoms with van der Waals surface area (Å²) in [6.07, 6.45) is 4.16. The van der Waals surface area contributed by atoms with Crippen LogP contribution in [0.1, 0.15) is 6.42 Å². The highest BCUT2D eigenvalue weighted by Gasteiger charge is 2.15. The molecule has 0 amide bonds. The van der Waals surface area contributed by atoms with E-state index in [9.17, 15) is 0 Å². The van der Waals surface area contributed by atoms with Crippen LogP contribution in [0.5, 0.6) is 0 Å². The van der Waals surface area contributed by atoms with Crippen LogP contribution in [0.4, 0.5) is 5.95 Å². The Labute approximate surface area is 81.3 Å². The van der Waals surface area contributed by atoms with Crippen molar-refractivity contribution >= 4 is 17.5 Å².